The van der Waals surface area contributed by atoms with E-state index in [0.29, 0.717) is 6.54 Å². The highest BCUT2D eigenvalue weighted by Crippen LogP contribution is 2.33. The normalized spacial score (nSPS) is 15.7. The lowest BCUT2D eigenvalue weighted by Gasteiger charge is -2.23. The van der Waals surface area contributed by atoms with Crippen LogP contribution in [0.2, 0.25) is 5.15 Å². The van der Waals surface area contributed by atoms with Gasteiger partial charge in [0.1, 0.15) is 16.8 Å². The number of ether oxygens (including phenoxy) is 1. The molecule has 1 aromatic heterocycles. The molecule has 0 saturated carbocycles. The molecule has 0 bridgehead atoms. The van der Waals surface area contributed by atoms with Gasteiger partial charge in [-0.2, -0.15) is 0 Å². The number of rotatable bonds is 5. The minimum Gasteiger partial charge on any atom is -0.494 e. The average molecular weight is 472 g/mol. The van der Waals surface area contributed by atoms with E-state index >= 15 is 0 Å². The van der Waals surface area contributed by atoms with E-state index < -0.39 is 17.5 Å². The summed E-state index contributed by atoms with van der Waals surface area (Å²) >= 11 is 6.58. The lowest BCUT2D eigenvalue weighted by atomic mass is 10.1. The van der Waals surface area contributed by atoms with Gasteiger partial charge in [0.05, 0.1) is 19.4 Å². The fourth-order valence-electron chi connectivity index (χ4n) is 3.73. The second-order valence-electron chi connectivity index (χ2n) is 7.52. The summed E-state index contributed by atoms with van der Waals surface area (Å²) in [6.07, 6.45) is 1.74. The third-order valence-electron chi connectivity index (χ3n) is 5.39. The molecular formula is C23H20ClF2N5O2. The van der Waals surface area contributed by atoms with Crippen LogP contribution in [0.1, 0.15) is 23.3 Å². The smallest absolute Gasteiger partial charge is 0.273 e. The lowest BCUT2D eigenvalue weighted by molar-refractivity contribution is 0.0926. The Morgan fingerprint density at radius 3 is 2.76 bits per heavy atom. The Bertz CT molecular complexity index is 1250. The van der Waals surface area contributed by atoms with Gasteiger partial charge in [-0.1, -0.05) is 23.7 Å². The number of nitrogens with zero attached hydrogens (tertiary/aromatic N) is 3. The first-order valence-electron chi connectivity index (χ1n) is 10.2. The molecule has 10 heteroatoms. The number of hydrogen-bond acceptors (Lipinski definition) is 4. The maximum Gasteiger partial charge on any atom is 0.273 e. The number of methoxy groups -OCH3 is 1. The number of halogens is 3. The van der Waals surface area contributed by atoms with Crippen LogP contribution >= 0.6 is 11.6 Å². The monoisotopic (exact) mass is 471 g/mol. The number of amides is 1. The van der Waals surface area contributed by atoms with E-state index in [-0.39, 0.29) is 45.4 Å². The van der Waals surface area contributed by atoms with E-state index in [2.05, 4.69) is 20.5 Å². The molecule has 1 fully saturated rings. The molecule has 1 aliphatic rings. The van der Waals surface area contributed by atoms with Crippen molar-refractivity contribution in [3.8, 4) is 22.8 Å². The highest BCUT2D eigenvalue weighted by molar-refractivity contribution is 6.33. The van der Waals surface area contributed by atoms with Gasteiger partial charge in [-0.3, -0.25) is 9.36 Å². The van der Waals surface area contributed by atoms with Gasteiger partial charge >= 0.3 is 0 Å². The summed E-state index contributed by atoms with van der Waals surface area (Å²) in [6.45, 7) is 8.57. The van der Waals surface area contributed by atoms with Crippen LogP contribution in [0.4, 0.5) is 14.5 Å². The van der Waals surface area contributed by atoms with Crippen LogP contribution in [0.3, 0.4) is 0 Å². The van der Waals surface area contributed by atoms with Crippen molar-refractivity contribution in [1.82, 2.24) is 20.2 Å². The second-order valence-corrected chi connectivity index (χ2v) is 7.88. The first-order chi connectivity index (χ1) is 15.9. The van der Waals surface area contributed by atoms with Crippen molar-refractivity contribution in [2.75, 3.05) is 20.2 Å². The fraction of sp³-hybridized carbons (Fsp3) is 0.261. The van der Waals surface area contributed by atoms with Crippen LogP contribution in [0.5, 0.6) is 5.75 Å². The summed E-state index contributed by atoms with van der Waals surface area (Å²) in [5, 5.41) is 6.07. The highest BCUT2D eigenvalue weighted by atomic mass is 35.5. The Morgan fingerprint density at radius 1 is 1.30 bits per heavy atom. The molecule has 2 heterocycles. The van der Waals surface area contributed by atoms with Crippen molar-refractivity contribution >= 4 is 23.2 Å². The summed E-state index contributed by atoms with van der Waals surface area (Å²) in [5.41, 5.74) is 0.328. The lowest BCUT2D eigenvalue weighted by Crippen LogP contribution is -2.45. The number of hydrogen-bond donors (Lipinski definition) is 2. The molecule has 1 saturated heterocycles. The molecule has 2 aromatic carbocycles. The van der Waals surface area contributed by atoms with E-state index in [9.17, 15) is 13.6 Å². The number of carbonyl (C=O) groups is 1. The number of nitrogens with one attached hydrogen (secondary N) is 2. The number of aromatic nitrogens is 2. The molecule has 1 atom stereocenters. The predicted octanol–water partition coefficient (Wildman–Crippen LogP) is 4.51. The zero-order valence-corrected chi connectivity index (χ0v) is 18.4. The van der Waals surface area contributed by atoms with Crippen molar-refractivity contribution in [3.63, 3.8) is 0 Å². The van der Waals surface area contributed by atoms with Gasteiger partial charge < -0.3 is 15.4 Å². The molecule has 33 heavy (non-hydrogen) atoms. The summed E-state index contributed by atoms with van der Waals surface area (Å²) in [7, 11) is 1.35. The van der Waals surface area contributed by atoms with Crippen molar-refractivity contribution in [1.29, 1.82) is 0 Å². The molecule has 0 radical (unpaired) electrons. The zero-order valence-electron chi connectivity index (χ0n) is 17.7. The molecule has 170 valence electrons. The molecule has 0 unspecified atom stereocenters. The molecule has 2 N–H and O–H groups in total. The third kappa shape index (κ3) is 4.53. The number of benzene rings is 2. The molecule has 0 spiro atoms. The van der Waals surface area contributed by atoms with Crippen LogP contribution in [0, 0.1) is 18.2 Å². The summed E-state index contributed by atoms with van der Waals surface area (Å²) in [5.74, 6) is -1.70. The van der Waals surface area contributed by atoms with E-state index in [0.717, 1.165) is 25.5 Å². The molecule has 3 aromatic rings. The Hall–Kier alpha value is -3.48. The van der Waals surface area contributed by atoms with E-state index in [1.807, 2.05) is 0 Å². The maximum atomic E-state index is 14.5. The van der Waals surface area contributed by atoms with Gasteiger partial charge in [0.15, 0.2) is 17.3 Å². The molecule has 1 amide bonds. The highest BCUT2D eigenvalue weighted by Gasteiger charge is 2.26. The van der Waals surface area contributed by atoms with Gasteiger partial charge in [0, 0.05) is 24.2 Å². The third-order valence-corrected chi connectivity index (χ3v) is 5.74. The molecule has 1 aliphatic heterocycles. The number of piperidine rings is 1. The SMILES string of the molecule is [C-]#[N+]c1ccc(-c2nc(C(=O)N[C@H]3CCCNC3)c(Cl)n2-c2ccc(OC)c(F)c2)cc1F. The van der Waals surface area contributed by atoms with Crippen LogP contribution in [0.25, 0.3) is 21.9 Å². The maximum absolute atomic E-state index is 14.5. The Morgan fingerprint density at radius 2 is 2.12 bits per heavy atom. The van der Waals surface area contributed by atoms with Crippen LogP contribution < -0.4 is 15.4 Å². The van der Waals surface area contributed by atoms with Crippen LogP contribution in [0.15, 0.2) is 36.4 Å². The first-order valence-corrected chi connectivity index (χ1v) is 10.6. The Labute approximate surface area is 194 Å². The van der Waals surface area contributed by atoms with Gasteiger partial charge in [-0.25, -0.2) is 18.6 Å². The Kier molecular flexibility index (Phi) is 6.58. The van der Waals surface area contributed by atoms with E-state index in [1.165, 1.54) is 35.9 Å². The van der Waals surface area contributed by atoms with Crippen LogP contribution in [-0.2, 0) is 0 Å². The minimum atomic E-state index is -0.742. The van der Waals surface area contributed by atoms with Crippen molar-refractivity contribution in [2.45, 2.75) is 18.9 Å². The van der Waals surface area contributed by atoms with Crippen molar-refractivity contribution in [3.05, 3.63) is 70.3 Å². The summed E-state index contributed by atoms with van der Waals surface area (Å²) in [6, 6.07) is 8.02. The largest absolute Gasteiger partial charge is 0.494 e. The predicted molar refractivity (Wildman–Crippen MR) is 120 cm³/mol. The topological polar surface area (TPSA) is 72.5 Å². The standard InChI is InChI=1S/C23H20ClF2N5O2/c1-27-18-7-5-13(10-16(18)25)22-30-20(23(32)29-14-4-3-9-28-12-14)21(24)31(22)15-6-8-19(33-2)17(26)11-15/h5-8,10-11,14,28H,3-4,9,12H2,2H3,(H,29,32)/t14-/m0/s1. The second kappa shape index (κ2) is 9.57. The summed E-state index contributed by atoms with van der Waals surface area (Å²) in [4.78, 5) is 20.5. The van der Waals surface area contributed by atoms with E-state index in [1.54, 1.807) is 6.07 Å². The van der Waals surface area contributed by atoms with Gasteiger partial charge in [-0.05, 0) is 37.6 Å². The number of imidazole rings is 1. The van der Waals surface area contributed by atoms with Gasteiger partial charge in [-0.15, -0.1) is 0 Å². The molecule has 0 aliphatic carbocycles. The van der Waals surface area contributed by atoms with Crippen molar-refractivity contribution in [2.24, 2.45) is 0 Å². The zero-order chi connectivity index (χ0) is 23.5. The average Bonchev–Trinajstić information content (AvgIpc) is 3.16. The van der Waals surface area contributed by atoms with E-state index in [4.69, 9.17) is 22.9 Å². The fourth-order valence-corrected chi connectivity index (χ4v) is 4.04. The minimum absolute atomic E-state index is 0.0340. The van der Waals surface area contributed by atoms with Crippen LogP contribution in [-0.4, -0.2) is 41.7 Å². The number of carbonyl (C=O) groups excluding carboxylic acids is 1. The van der Waals surface area contributed by atoms with Crippen molar-refractivity contribution < 1.29 is 18.3 Å². The summed E-state index contributed by atoms with van der Waals surface area (Å²) < 4.78 is 35.2. The molecule has 7 nitrogen and oxygen atoms in total. The van der Waals surface area contributed by atoms with Gasteiger partial charge in [0.2, 0.25) is 5.69 Å². The first kappa shape index (κ1) is 22.7. The van der Waals surface area contributed by atoms with Gasteiger partial charge in [0.25, 0.3) is 5.91 Å². The Balaban J connectivity index is 1.82. The molecular weight excluding hydrogens is 452 g/mol. The quantitative estimate of drug-likeness (QED) is 0.537. The molecule has 4 rings (SSSR count).